The van der Waals surface area contributed by atoms with E-state index in [0.717, 1.165) is 77.0 Å². The third-order valence-corrected chi connectivity index (χ3v) is 14.0. The monoisotopic (exact) mass is 1010 g/mol. The maximum Gasteiger partial charge on any atom is 0.220 e. The van der Waals surface area contributed by atoms with Crippen molar-refractivity contribution in [1.29, 1.82) is 0 Å². The summed E-state index contributed by atoms with van der Waals surface area (Å²) in [5.41, 5.74) is 0. The van der Waals surface area contributed by atoms with Crippen molar-refractivity contribution in [1.82, 2.24) is 5.32 Å². The zero-order chi connectivity index (χ0) is 52.7. The van der Waals surface area contributed by atoms with Crippen LogP contribution in [-0.4, -0.2) is 34.9 Å². The van der Waals surface area contributed by atoms with Gasteiger partial charge in [-0.25, -0.2) is 0 Å². The summed E-state index contributed by atoms with van der Waals surface area (Å²) >= 11 is 0. The molecule has 0 aliphatic carbocycles. The highest BCUT2D eigenvalue weighted by molar-refractivity contribution is 5.76. The van der Waals surface area contributed by atoms with E-state index in [1.165, 1.54) is 205 Å². The first-order valence-corrected chi connectivity index (χ1v) is 31.6. The molecule has 0 aromatic carbocycles. The second-order valence-electron chi connectivity index (χ2n) is 21.1. The molecule has 4 heteroatoms. The quantitative estimate of drug-likeness (QED) is 0.0420. The van der Waals surface area contributed by atoms with Crippen LogP contribution in [0.2, 0.25) is 0 Å². The Hall–Kier alpha value is -2.95. The zero-order valence-electron chi connectivity index (χ0n) is 48.4. The van der Waals surface area contributed by atoms with Crippen LogP contribution in [0.5, 0.6) is 0 Å². The van der Waals surface area contributed by atoms with Crippen molar-refractivity contribution in [2.75, 3.05) is 6.61 Å². The van der Waals surface area contributed by atoms with E-state index < -0.39 is 12.1 Å². The maximum atomic E-state index is 12.5. The van der Waals surface area contributed by atoms with Crippen LogP contribution < -0.4 is 5.32 Å². The molecular weight excluding hydrogens is 891 g/mol. The highest BCUT2D eigenvalue weighted by Crippen LogP contribution is 2.17. The summed E-state index contributed by atoms with van der Waals surface area (Å²) in [6.45, 7) is 4.21. The molecular formula is C69H121NO3. The van der Waals surface area contributed by atoms with Crippen LogP contribution in [-0.2, 0) is 4.79 Å². The largest absolute Gasteiger partial charge is 0.394 e. The van der Waals surface area contributed by atoms with Crippen LogP contribution in [0.1, 0.15) is 303 Å². The molecule has 420 valence electrons. The Kier molecular flexibility index (Phi) is 60.8. The standard InChI is InChI=1S/C69H121NO3/c1-3-5-7-9-11-13-15-17-19-21-23-25-27-28-29-30-31-32-33-34-35-36-37-38-39-40-41-42-43-45-47-49-51-53-55-57-59-61-63-65-69(73)70-67(66-71)68(72)64-62-60-58-56-54-52-50-48-46-44-26-24-22-20-18-16-14-12-10-8-6-4-2/h5,7,11,13,17,19,23,25,28-29,31-32,34-35,37-38,62,64,67-68,71-72H,3-4,6,8-10,12,14-16,18,20-22,24,26-27,30,33,36,39-61,63,65-66H2,1-2H3,(H,70,73)/b7-5-,13-11-,19-17-,25-23-,29-28-,32-31-,35-34-,38-37-,64-62+. The van der Waals surface area contributed by atoms with Crippen molar-refractivity contribution >= 4 is 5.91 Å². The predicted octanol–water partition coefficient (Wildman–Crippen LogP) is 21.4. The van der Waals surface area contributed by atoms with Crippen LogP contribution in [0, 0.1) is 0 Å². The van der Waals surface area contributed by atoms with Crippen molar-refractivity contribution < 1.29 is 15.0 Å². The fourth-order valence-electron chi connectivity index (χ4n) is 9.26. The molecule has 3 N–H and O–H groups in total. The summed E-state index contributed by atoms with van der Waals surface area (Å²) < 4.78 is 0. The molecule has 0 bridgehead atoms. The lowest BCUT2D eigenvalue weighted by molar-refractivity contribution is -0.123. The Balaban J connectivity index is 3.53. The van der Waals surface area contributed by atoms with Crippen LogP contribution in [0.3, 0.4) is 0 Å². The minimum absolute atomic E-state index is 0.0650. The smallest absolute Gasteiger partial charge is 0.220 e. The van der Waals surface area contributed by atoms with Crippen molar-refractivity contribution in [2.45, 2.75) is 315 Å². The van der Waals surface area contributed by atoms with E-state index in [2.05, 4.69) is 116 Å². The SMILES string of the molecule is CC/C=C\C/C=C\C/C=C\C/C=C\C/C=C\C/C=C\C/C=C\C/C=C\CCCCCCCCCCCCCCCCC(=O)NC(CO)C(O)/C=C/CCCCCCCCCCCCCCCCCCCCCC. The van der Waals surface area contributed by atoms with Gasteiger partial charge in [-0.05, 0) is 83.5 Å². The summed E-state index contributed by atoms with van der Waals surface area (Å²) in [7, 11) is 0. The molecule has 0 aromatic rings. The van der Waals surface area contributed by atoms with E-state index in [1.807, 2.05) is 6.08 Å². The van der Waals surface area contributed by atoms with Gasteiger partial charge >= 0.3 is 0 Å². The van der Waals surface area contributed by atoms with Gasteiger partial charge < -0.3 is 15.5 Å². The normalized spacial score (nSPS) is 13.5. The lowest BCUT2D eigenvalue weighted by atomic mass is 10.0. The van der Waals surface area contributed by atoms with E-state index >= 15 is 0 Å². The van der Waals surface area contributed by atoms with Crippen LogP contribution >= 0.6 is 0 Å². The van der Waals surface area contributed by atoms with E-state index in [0.29, 0.717) is 6.42 Å². The molecule has 1 amide bonds. The summed E-state index contributed by atoms with van der Waals surface area (Å²) in [6, 6.07) is -0.629. The third kappa shape index (κ3) is 59.8. The number of unbranched alkanes of at least 4 members (excludes halogenated alkanes) is 34. The Bertz CT molecular complexity index is 1380. The summed E-state index contributed by atoms with van der Waals surface area (Å²) in [4.78, 5) is 12.5. The summed E-state index contributed by atoms with van der Waals surface area (Å²) in [5, 5.41) is 23.2. The topological polar surface area (TPSA) is 69.6 Å². The van der Waals surface area contributed by atoms with Gasteiger partial charge in [0, 0.05) is 6.42 Å². The molecule has 0 saturated carbocycles. The number of allylic oxidation sites excluding steroid dienone is 17. The highest BCUT2D eigenvalue weighted by Gasteiger charge is 2.18. The minimum atomic E-state index is -0.846. The van der Waals surface area contributed by atoms with Gasteiger partial charge in [0.05, 0.1) is 18.8 Å². The number of nitrogens with one attached hydrogen (secondary N) is 1. The van der Waals surface area contributed by atoms with Crippen molar-refractivity contribution in [2.24, 2.45) is 0 Å². The van der Waals surface area contributed by atoms with Gasteiger partial charge in [-0.1, -0.05) is 322 Å². The molecule has 0 aliphatic rings. The van der Waals surface area contributed by atoms with Gasteiger partial charge in [0.15, 0.2) is 0 Å². The molecule has 2 unspecified atom stereocenters. The molecule has 0 radical (unpaired) electrons. The molecule has 0 fully saturated rings. The van der Waals surface area contributed by atoms with E-state index in [1.54, 1.807) is 6.08 Å². The first-order valence-electron chi connectivity index (χ1n) is 31.6. The second kappa shape index (κ2) is 63.3. The van der Waals surface area contributed by atoms with Crippen molar-refractivity contribution in [3.63, 3.8) is 0 Å². The number of aliphatic hydroxyl groups excluding tert-OH is 2. The number of hydrogen-bond acceptors (Lipinski definition) is 3. The molecule has 73 heavy (non-hydrogen) atoms. The average molecular weight is 1010 g/mol. The molecule has 0 heterocycles. The number of amides is 1. The highest BCUT2D eigenvalue weighted by atomic mass is 16.3. The second-order valence-corrected chi connectivity index (χ2v) is 21.1. The van der Waals surface area contributed by atoms with Gasteiger partial charge in [0.25, 0.3) is 0 Å². The van der Waals surface area contributed by atoms with Gasteiger partial charge in [-0.3, -0.25) is 4.79 Å². The number of hydrogen-bond donors (Lipinski definition) is 3. The van der Waals surface area contributed by atoms with Crippen LogP contribution in [0.25, 0.3) is 0 Å². The van der Waals surface area contributed by atoms with E-state index in [9.17, 15) is 15.0 Å². The number of carbonyl (C=O) groups is 1. The average Bonchev–Trinajstić information content (AvgIpc) is 3.40. The van der Waals surface area contributed by atoms with Gasteiger partial charge in [-0.2, -0.15) is 0 Å². The number of aliphatic hydroxyl groups is 2. The first-order chi connectivity index (χ1) is 36.2. The lowest BCUT2D eigenvalue weighted by Gasteiger charge is -2.20. The van der Waals surface area contributed by atoms with E-state index in [-0.39, 0.29) is 12.5 Å². The van der Waals surface area contributed by atoms with Gasteiger partial charge in [-0.15, -0.1) is 0 Å². The molecule has 4 nitrogen and oxygen atoms in total. The molecule has 2 atom stereocenters. The van der Waals surface area contributed by atoms with E-state index in [4.69, 9.17) is 0 Å². The van der Waals surface area contributed by atoms with Crippen LogP contribution in [0.4, 0.5) is 0 Å². The molecule has 0 saturated heterocycles. The lowest BCUT2D eigenvalue weighted by Crippen LogP contribution is -2.45. The zero-order valence-corrected chi connectivity index (χ0v) is 48.4. The van der Waals surface area contributed by atoms with Crippen molar-refractivity contribution in [3.05, 3.63) is 109 Å². The Morgan fingerprint density at radius 3 is 0.904 bits per heavy atom. The minimum Gasteiger partial charge on any atom is -0.394 e. The Labute approximate surface area is 455 Å². The third-order valence-electron chi connectivity index (χ3n) is 14.0. The fraction of sp³-hybridized carbons (Fsp3) is 0.725. The summed E-state index contributed by atoms with van der Waals surface area (Å²) in [6.07, 6.45) is 95.6. The maximum absolute atomic E-state index is 12.5. The Morgan fingerprint density at radius 2 is 0.603 bits per heavy atom. The van der Waals surface area contributed by atoms with Gasteiger partial charge in [0.1, 0.15) is 0 Å². The first kappa shape index (κ1) is 70.1. The Morgan fingerprint density at radius 1 is 0.342 bits per heavy atom. The van der Waals surface area contributed by atoms with Gasteiger partial charge in [0.2, 0.25) is 5.91 Å². The number of rotatable bonds is 57. The molecule has 0 rings (SSSR count). The van der Waals surface area contributed by atoms with Crippen molar-refractivity contribution in [3.8, 4) is 0 Å². The summed E-state index contributed by atoms with van der Waals surface area (Å²) in [5.74, 6) is -0.0650. The molecule has 0 aromatic heterocycles. The number of carbonyl (C=O) groups excluding carboxylic acids is 1. The predicted molar refractivity (Wildman–Crippen MR) is 326 cm³/mol. The molecule has 0 spiro atoms. The fourth-order valence-corrected chi connectivity index (χ4v) is 9.26. The van der Waals surface area contributed by atoms with Crippen LogP contribution in [0.15, 0.2) is 109 Å². The molecule has 0 aliphatic heterocycles.